The Morgan fingerprint density at radius 1 is 1.00 bits per heavy atom. The summed E-state index contributed by atoms with van der Waals surface area (Å²) < 4.78 is 12.6. The number of benzene rings is 2. The lowest BCUT2D eigenvalue weighted by molar-refractivity contribution is -0.118. The van der Waals surface area contributed by atoms with Crippen LogP contribution in [0.4, 0.5) is 11.4 Å². The maximum absolute atomic E-state index is 12.7. The first kappa shape index (κ1) is 22.0. The lowest BCUT2D eigenvalue weighted by Crippen LogP contribution is -2.22. The van der Waals surface area contributed by atoms with Crippen molar-refractivity contribution in [3.63, 3.8) is 0 Å². The molecule has 0 aliphatic heterocycles. The fourth-order valence-electron chi connectivity index (χ4n) is 3.12. The molecule has 0 saturated heterocycles. The summed E-state index contributed by atoms with van der Waals surface area (Å²) in [6, 6.07) is 13.8. The molecular weight excluding hydrogens is 398 g/mol. The molecule has 2 amide bonds. The molecule has 162 valence electrons. The summed E-state index contributed by atoms with van der Waals surface area (Å²) in [7, 11) is 0. The van der Waals surface area contributed by atoms with Crippen LogP contribution in [0.2, 0.25) is 0 Å². The Balaban J connectivity index is 1.68. The van der Waals surface area contributed by atoms with E-state index in [0.29, 0.717) is 47.7 Å². The maximum Gasteiger partial charge on any atom is 0.262 e. The van der Waals surface area contributed by atoms with E-state index in [9.17, 15) is 14.4 Å². The van der Waals surface area contributed by atoms with Gasteiger partial charge < -0.3 is 24.7 Å². The molecule has 0 unspecified atom stereocenters. The van der Waals surface area contributed by atoms with Crippen molar-refractivity contribution < 1.29 is 19.1 Å². The Morgan fingerprint density at radius 2 is 1.74 bits per heavy atom. The van der Waals surface area contributed by atoms with Gasteiger partial charge in [0.05, 0.1) is 12.0 Å². The summed E-state index contributed by atoms with van der Waals surface area (Å²) >= 11 is 0. The highest BCUT2D eigenvalue weighted by atomic mass is 16.5. The van der Waals surface area contributed by atoms with Gasteiger partial charge in [0.1, 0.15) is 5.75 Å². The lowest BCUT2D eigenvalue weighted by Gasteiger charge is -2.12. The first-order valence-electron chi connectivity index (χ1n) is 9.98. The zero-order valence-corrected chi connectivity index (χ0v) is 17.5. The summed E-state index contributed by atoms with van der Waals surface area (Å²) in [6.07, 6.45) is 1.70. The molecule has 0 fully saturated rings. The average Bonchev–Trinajstić information content (AvgIpc) is 2.74. The highest BCUT2D eigenvalue weighted by Gasteiger charge is 2.10. The first-order chi connectivity index (χ1) is 15.0. The van der Waals surface area contributed by atoms with Gasteiger partial charge in [-0.2, -0.15) is 0 Å². The van der Waals surface area contributed by atoms with Crippen molar-refractivity contribution in [3.8, 4) is 5.75 Å². The third-order valence-corrected chi connectivity index (χ3v) is 4.48. The molecule has 31 heavy (non-hydrogen) atoms. The highest BCUT2D eigenvalue weighted by Crippen LogP contribution is 2.23. The molecule has 0 saturated carbocycles. The Kier molecular flexibility index (Phi) is 7.40. The third kappa shape index (κ3) is 5.93. The van der Waals surface area contributed by atoms with Crippen molar-refractivity contribution in [2.24, 2.45) is 0 Å². The number of nitrogens with zero attached hydrogens (tertiary/aromatic N) is 1. The molecule has 2 aromatic carbocycles. The van der Waals surface area contributed by atoms with Crippen molar-refractivity contribution in [3.05, 3.63) is 65.1 Å². The number of amides is 2. The predicted octanol–water partition coefficient (Wildman–Crippen LogP) is 3.01. The van der Waals surface area contributed by atoms with E-state index in [1.165, 1.54) is 6.92 Å². The second kappa shape index (κ2) is 10.4. The summed E-state index contributed by atoms with van der Waals surface area (Å²) in [5, 5.41) is 6.54. The summed E-state index contributed by atoms with van der Waals surface area (Å²) in [5.74, 6) is -0.101. The molecule has 0 spiro atoms. The van der Waals surface area contributed by atoms with Gasteiger partial charge in [-0.1, -0.05) is 12.1 Å². The van der Waals surface area contributed by atoms with Crippen LogP contribution in [0, 0.1) is 0 Å². The van der Waals surface area contributed by atoms with E-state index in [1.807, 2.05) is 6.92 Å². The van der Waals surface area contributed by atoms with Crippen LogP contribution in [0.25, 0.3) is 10.8 Å². The van der Waals surface area contributed by atoms with Gasteiger partial charge in [-0.15, -0.1) is 0 Å². The third-order valence-electron chi connectivity index (χ3n) is 4.48. The number of carbonyl (C=O) groups is 2. The van der Waals surface area contributed by atoms with Gasteiger partial charge in [0.15, 0.2) is 6.61 Å². The predicted molar refractivity (Wildman–Crippen MR) is 120 cm³/mol. The molecule has 0 radical (unpaired) electrons. The molecular formula is C23H25N3O5. The summed E-state index contributed by atoms with van der Waals surface area (Å²) in [6.45, 7) is 4.62. The number of carbonyl (C=O) groups excluding carboxylic acids is 2. The zero-order valence-electron chi connectivity index (χ0n) is 17.5. The van der Waals surface area contributed by atoms with E-state index in [4.69, 9.17) is 9.47 Å². The number of hydrogen-bond acceptors (Lipinski definition) is 5. The van der Waals surface area contributed by atoms with E-state index >= 15 is 0 Å². The van der Waals surface area contributed by atoms with Gasteiger partial charge in [-0.25, -0.2) is 0 Å². The fraction of sp³-hybridized carbons (Fsp3) is 0.261. The van der Waals surface area contributed by atoms with E-state index in [2.05, 4.69) is 10.6 Å². The number of pyridine rings is 1. The molecule has 8 nitrogen and oxygen atoms in total. The minimum Gasteiger partial charge on any atom is -0.483 e. The number of aromatic nitrogens is 1. The number of anilines is 2. The average molecular weight is 423 g/mol. The van der Waals surface area contributed by atoms with Gasteiger partial charge in [0.25, 0.3) is 11.5 Å². The number of nitrogens with one attached hydrogen (secondary N) is 2. The minimum absolute atomic E-state index is 0.137. The Hall–Kier alpha value is -3.65. The molecule has 0 aliphatic carbocycles. The van der Waals surface area contributed by atoms with Crippen molar-refractivity contribution >= 4 is 34.0 Å². The number of ether oxygens (including phenoxy) is 2. The number of rotatable bonds is 9. The summed E-state index contributed by atoms with van der Waals surface area (Å²) in [4.78, 5) is 36.2. The Bertz CT molecular complexity index is 1140. The van der Waals surface area contributed by atoms with Crippen molar-refractivity contribution in [1.82, 2.24) is 4.57 Å². The standard InChI is InChI=1S/C23H25N3O5/c1-3-30-13-12-26-11-10-19-20(23(26)29)8-5-9-21(19)31-15-22(28)25-18-7-4-6-17(14-18)24-16(2)27/h4-11,14H,3,12-13,15H2,1-2H3,(H,24,27)(H,25,28). The van der Waals surface area contributed by atoms with Gasteiger partial charge >= 0.3 is 0 Å². The largest absolute Gasteiger partial charge is 0.483 e. The van der Waals surface area contributed by atoms with Gasteiger partial charge in [0.2, 0.25) is 5.91 Å². The van der Waals surface area contributed by atoms with Gasteiger partial charge in [-0.3, -0.25) is 14.4 Å². The van der Waals surface area contributed by atoms with Crippen molar-refractivity contribution in [2.75, 3.05) is 30.5 Å². The monoisotopic (exact) mass is 423 g/mol. The molecule has 3 aromatic rings. The van der Waals surface area contributed by atoms with E-state index in [-0.39, 0.29) is 24.0 Å². The van der Waals surface area contributed by atoms with Crippen LogP contribution in [0.1, 0.15) is 13.8 Å². The van der Waals surface area contributed by atoms with Crippen LogP contribution >= 0.6 is 0 Å². The second-order valence-electron chi connectivity index (χ2n) is 6.83. The number of hydrogen-bond donors (Lipinski definition) is 2. The minimum atomic E-state index is -0.359. The van der Waals surface area contributed by atoms with Crippen LogP contribution < -0.4 is 20.9 Å². The molecule has 3 rings (SSSR count). The van der Waals surface area contributed by atoms with Gasteiger partial charge in [-0.05, 0) is 43.3 Å². The van der Waals surface area contributed by atoms with Crippen LogP contribution in [0.15, 0.2) is 59.5 Å². The van der Waals surface area contributed by atoms with Crippen molar-refractivity contribution in [2.45, 2.75) is 20.4 Å². The Morgan fingerprint density at radius 3 is 2.48 bits per heavy atom. The van der Waals surface area contributed by atoms with Crippen LogP contribution in [0.3, 0.4) is 0 Å². The quantitative estimate of drug-likeness (QED) is 0.516. The van der Waals surface area contributed by atoms with Crippen molar-refractivity contribution in [1.29, 1.82) is 0 Å². The molecule has 2 N–H and O–H groups in total. The summed E-state index contributed by atoms with van der Waals surface area (Å²) in [5.41, 5.74) is 0.984. The van der Waals surface area contributed by atoms with Gasteiger partial charge in [0, 0.05) is 43.0 Å². The molecule has 8 heteroatoms. The molecule has 0 atom stereocenters. The van der Waals surface area contributed by atoms with Crippen LogP contribution in [0.5, 0.6) is 5.75 Å². The van der Waals surface area contributed by atoms with Crippen LogP contribution in [-0.2, 0) is 20.9 Å². The molecule has 1 heterocycles. The van der Waals surface area contributed by atoms with E-state index < -0.39 is 0 Å². The first-order valence-corrected chi connectivity index (χ1v) is 9.98. The molecule has 0 bridgehead atoms. The van der Waals surface area contributed by atoms with E-state index in [0.717, 1.165) is 0 Å². The normalized spacial score (nSPS) is 10.6. The highest BCUT2D eigenvalue weighted by molar-refractivity contribution is 5.94. The van der Waals surface area contributed by atoms with E-state index in [1.54, 1.807) is 59.3 Å². The fourth-order valence-corrected chi connectivity index (χ4v) is 3.12. The Labute approximate surface area is 179 Å². The maximum atomic E-state index is 12.7. The number of fused-ring (bicyclic) bond motifs is 1. The van der Waals surface area contributed by atoms with Crippen LogP contribution in [-0.4, -0.2) is 36.2 Å². The topological polar surface area (TPSA) is 98.7 Å². The SMILES string of the molecule is CCOCCn1ccc2c(OCC(=O)Nc3cccc(NC(C)=O)c3)cccc2c1=O. The smallest absolute Gasteiger partial charge is 0.262 e. The molecule has 0 aliphatic rings. The lowest BCUT2D eigenvalue weighted by atomic mass is 10.1. The second-order valence-corrected chi connectivity index (χ2v) is 6.83. The molecule has 1 aromatic heterocycles. The zero-order chi connectivity index (χ0) is 22.2.